The molecule has 196 valence electrons. The molecule has 1 atom stereocenters. The maximum absolute atomic E-state index is 14.7. The number of rotatable bonds is 7. The summed E-state index contributed by atoms with van der Waals surface area (Å²) in [7, 11) is 2.94. The standard InChI is InChI=1S/C28H28F4N2O3/c1-16(2)21-12-23(26(37-4)13-24(21)29)20-10-7-18(28(30,31)32)11-22(20)25-15-34(27(35)33-25)14-17-5-8-19(36-3)9-6-17/h5-13,16,25H,14-15H2,1-4H3,(H,33,35). The predicted molar refractivity (Wildman–Crippen MR) is 132 cm³/mol. The van der Waals surface area contributed by atoms with E-state index in [1.165, 1.54) is 24.1 Å². The topological polar surface area (TPSA) is 50.8 Å². The molecule has 37 heavy (non-hydrogen) atoms. The van der Waals surface area contributed by atoms with E-state index in [4.69, 9.17) is 9.47 Å². The second kappa shape index (κ2) is 10.3. The molecule has 1 heterocycles. The van der Waals surface area contributed by atoms with Gasteiger partial charge in [-0.1, -0.05) is 32.0 Å². The number of amides is 2. The average Bonchev–Trinajstić information content (AvgIpc) is 3.23. The van der Waals surface area contributed by atoms with E-state index < -0.39 is 29.6 Å². The number of benzene rings is 3. The fourth-order valence-electron chi connectivity index (χ4n) is 4.52. The second-order valence-corrected chi connectivity index (χ2v) is 9.26. The summed E-state index contributed by atoms with van der Waals surface area (Å²) < 4.78 is 66.3. The predicted octanol–water partition coefficient (Wildman–Crippen LogP) is 6.92. The van der Waals surface area contributed by atoms with Crippen molar-refractivity contribution in [1.82, 2.24) is 10.2 Å². The van der Waals surface area contributed by atoms with Crippen molar-refractivity contribution in [2.75, 3.05) is 20.8 Å². The van der Waals surface area contributed by atoms with E-state index in [2.05, 4.69) is 5.32 Å². The van der Waals surface area contributed by atoms with Gasteiger partial charge in [-0.05, 0) is 58.5 Å². The van der Waals surface area contributed by atoms with Gasteiger partial charge in [0.05, 0.1) is 25.8 Å². The molecule has 2 amide bonds. The Morgan fingerprint density at radius 3 is 2.30 bits per heavy atom. The van der Waals surface area contributed by atoms with E-state index in [9.17, 15) is 22.4 Å². The maximum atomic E-state index is 14.7. The highest BCUT2D eigenvalue weighted by Gasteiger charge is 2.36. The number of ether oxygens (including phenoxy) is 2. The molecule has 0 spiro atoms. The SMILES string of the molecule is COc1ccc(CN2CC(c3cc(C(F)(F)F)ccc3-c3cc(C(C)C)c(F)cc3OC)NC2=O)cc1. The number of alkyl halides is 3. The van der Waals surface area contributed by atoms with Crippen LogP contribution in [0.1, 0.15) is 48.1 Å². The van der Waals surface area contributed by atoms with Crippen molar-refractivity contribution in [1.29, 1.82) is 0 Å². The molecule has 0 aromatic heterocycles. The van der Waals surface area contributed by atoms with Crippen LogP contribution in [0.4, 0.5) is 22.4 Å². The molecule has 1 N–H and O–H groups in total. The molecule has 1 aliphatic heterocycles. The normalized spacial score (nSPS) is 15.8. The Labute approximate surface area is 213 Å². The zero-order valence-corrected chi connectivity index (χ0v) is 20.9. The van der Waals surface area contributed by atoms with Gasteiger partial charge in [0.25, 0.3) is 0 Å². The average molecular weight is 517 g/mol. The monoisotopic (exact) mass is 516 g/mol. The third-order valence-electron chi connectivity index (χ3n) is 6.51. The van der Waals surface area contributed by atoms with Crippen molar-refractivity contribution < 1.29 is 31.8 Å². The van der Waals surface area contributed by atoms with Crippen molar-refractivity contribution in [3.63, 3.8) is 0 Å². The first kappa shape index (κ1) is 26.3. The molecule has 4 rings (SSSR count). The van der Waals surface area contributed by atoms with Crippen molar-refractivity contribution in [3.8, 4) is 22.6 Å². The number of halogens is 4. The van der Waals surface area contributed by atoms with Crippen LogP contribution in [-0.2, 0) is 12.7 Å². The zero-order valence-electron chi connectivity index (χ0n) is 20.9. The van der Waals surface area contributed by atoms with Gasteiger partial charge in [-0.3, -0.25) is 0 Å². The van der Waals surface area contributed by atoms with Crippen LogP contribution in [0.3, 0.4) is 0 Å². The summed E-state index contributed by atoms with van der Waals surface area (Å²) in [5.41, 5.74) is 1.60. The molecular formula is C28H28F4N2O3. The van der Waals surface area contributed by atoms with E-state index in [1.54, 1.807) is 25.3 Å². The molecule has 9 heteroatoms. The molecule has 0 aliphatic carbocycles. The molecule has 3 aromatic carbocycles. The third kappa shape index (κ3) is 5.50. The van der Waals surface area contributed by atoms with Gasteiger partial charge in [-0.25, -0.2) is 9.18 Å². The Hall–Kier alpha value is -3.75. The number of urea groups is 1. The summed E-state index contributed by atoms with van der Waals surface area (Å²) in [5.74, 6) is 0.259. The van der Waals surface area contributed by atoms with E-state index in [-0.39, 0.29) is 30.3 Å². The minimum Gasteiger partial charge on any atom is -0.497 e. The van der Waals surface area contributed by atoms with Gasteiger partial charge in [-0.2, -0.15) is 13.2 Å². The molecule has 0 saturated carbocycles. The lowest BCUT2D eigenvalue weighted by atomic mass is 9.89. The van der Waals surface area contributed by atoms with Gasteiger partial charge in [-0.15, -0.1) is 0 Å². The van der Waals surface area contributed by atoms with Crippen LogP contribution in [0.2, 0.25) is 0 Å². The lowest BCUT2D eigenvalue weighted by molar-refractivity contribution is -0.137. The van der Waals surface area contributed by atoms with E-state index >= 15 is 0 Å². The minimum absolute atomic E-state index is 0.153. The van der Waals surface area contributed by atoms with Gasteiger partial charge in [0.2, 0.25) is 0 Å². The third-order valence-corrected chi connectivity index (χ3v) is 6.51. The largest absolute Gasteiger partial charge is 0.497 e. The fourth-order valence-corrected chi connectivity index (χ4v) is 4.52. The molecule has 0 radical (unpaired) electrons. The first-order valence-electron chi connectivity index (χ1n) is 11.8. The van der Waals surface area contributed by atoms with Crippen LogP contribution in [0.25, 0.3) is 11.1 Å². The quantitative estimate of drug-likeness (QED) is 0.347. The number of hydrogen-bond acceptors (Lipinski definition) is 3. The molecule has 1 aliphatic rings. The van der Waals surface area contributed by atoms with Crippen LogP contribution in [-0.4, -0.2) is 31.7 Å². The van der Waals surface area contributed by atoms with Gasteiger partial charge in [0, 0.05) is 24.7 Å². The van der Waals surface area contributed by atoms with Crippen molar-refractivity contribution in [2.24, 2.45) is 0 Å². The van der Waals surface area contributed by atoms with Crippen molar-refractivity contribution in [2.45, 2.75) is 38.5 Å². The number of carbonyl (C=O) groups is 1. The molecule has 3 aromatic rings. The lowest BCUT2D eigenvalue weighted by Gasteiger charge is -2.21. The molecule has 1 fully saturated rings. The summed E-state index contributed by atoms with van der Waals surface area (Å²) in [6, 6.07) is 12.3. The Bertz CT molecular complexity index is 1290. The Balaban J connectivity index is 1.76. The van der Waals surface area contributed by atoms with Crippen LogP contribution in [0, 0.1) is 5.82 Å². The minimum atomic E-state index is -4.57. The number of methoxy groups -OCH3 is 2. The summed E-state index contributed by atoms with van der Waals surface area (Å²) in [5, 5.41) is 2.82. The molecule has 1 unspecified atom stereocenters. The van der Waals surface area contributed by atoms with Crippen LogP contribution in [0.5, 0.6) is 11.5 Å². The number of carbonyl (C=O) groups excluding carboxylic acids is 1. The molecular weight excluding hydrogens is 488 g/mol. The second-order valence-electron chi connectivity index (χ2n) is 9.26. The van der Waals surface area contributed by atoms with Crippen LogP contribution in [0.15, 0.2) is 54.6 Å². The van der Waals surface area contributed by atoms with Crippen LogP contribution < -0.4 is 14.8 Å². The summed E-state index contributed by atoms with van der Waals surface area (Å²) in [6.45, 7) is 4.09. The van der Waals surface area contributed by atoms with E-state index in [0.29, 0.717) is 22.4 Å². The zero-order chi connectivity index (χ0) is 26.9. The fraction of sp³-hybridized carbons (Fsp3) is 0.321. The first-order valence-corrected chi connectivity index (χ1v) is 11.8. The Morgan fingerprint density at radius 2 is 1.70 bits per heavy atom. The van der Waals surface area contributed by atoms with Gasteiger partial charge >= 0.3 is 12.2 Å². The summed E-state index contributed by atoms with van der Waals surface area (Å²) >= 11 is 0. The first-order chi connectivity index (χ1) is 17.5. The number of hydrogen-bond donors (Lipinski definition) is 1. The highest BCUT2D eigenvalue weighted by molar-refractivity contribution is 5.80. The summed E-state index contributed by atoms with van der Waals surface area (Å²) in [6.07, 6.45) is -4.57. The highest BCUT2D eigenvalue weighted by Crippen LogP contribution is 2.41. The molecule has 5 nitrogen and oxygen atoms in total. The Morgan fingerprint density at radius 1 is 1.00 bits per heavy atom. The van der Waals surface area contributed by atoms with Gasteiger partial charge in [0.15, 0.2) is 0 Å². The van der Waals surface area contributed by atoms with Crippen LogP contribution >= 0.6 is 0 Å². The van der Waals surface area contributed by atoms with Crippen molar-refractivity contribution >= 4 is 6.03 Å². The number of nitrogens with zero attached hydrogens (tertiary/aromatic N) is 1. The van der Waals surface area contributed by atoms with E-state index in [1.807, 2.05) is 26.0 Å². The van der Waals surface area contributed by atoms with E-state index in [0.717, 1.165) is 17.7 Å². The summed E-state index contributed by atoms with van der Waals surface area (Å²) in [4.78, 5) is 14.4. The maximum Gasteiger partial charge on any atom is 0.416 e. The smallest absolute Gasteiger partial charge is 0.416 e. The highest BCUT2D eigenvalue weighted by atomic mass is 19.4. The number of nitrogens with one attached hydrogen (secondary N) is 1. The molecule has 1 saturated heterocycles. The molecule has 0 bridgehead atoms. The van der Waals surface area contributed by atoms with Gasteiger partial charge in [0.1, 0.15) is 17.3 Å². The van der Waals surface area contributed by atoms with Crippen molar-refractivity contribution in [3.05, 3.63) is 82.7 Å². The lowest BCUT2D eigenvalue weighted by Crippen LogP contribution is -2.27. The van der Waals surface area contributed by atoms with Gasteiger partial charge < -0.3 is 19.7 Å². The Kier molecular flexibility index (Phi) is 7.34.